The van der Waals surface area contributed by atoms with Gasteiger partial charge in [0.1, 0.15) is 17.9 Å². The van der Waals surface area contributed by atoms with Crippen LogP contribution in [0.25, 0.3) is 0 Å². The number of carboxylic acids is 1. The third-order valence-corrected chi connectivity index (χ3v) is 2.81. The van der Waals surface area contributed by atoms with Gasteiger partial charge < -0.3 is 9.84 Å². The van der Waals surface area contributed by atoms with Gasteiger partial charge in [0.2, 0.25) is 0 Å². The highest BCUT2D eigenvalue weighted by atomic mass is 79.9. The number of aromatic carboxylic acids is 1. The predicted octanol–water partition coefficient (Wildman–Crippen LogP) is 3.12. The first-order chi connectivity index (χ1) is 8.66. The molecule has 0 unspecified atom stereocenters. The van der Waals surface area contributed by atoms with Gasteiger partial charge in [-0.05, 0) is 35.9 Å². The second kappa shape index (κ2) is 5.64. The maximum absolute atomic E-state index is 11.0. The van der Waals surface area contributed by atoms with Crippen LogP contribution in [0, 0.1) is 0 Å². The van der Waals surface area contributed by atoms with Gasteiger partial charge in [0.25, 0.3) is 0 Å². The zero-order valence-corrected chi connectivity index (χ0v) is 10.9. The van der Waals surface area contributed by atoms with Crippen LogP contribution >= 0.6 is 15.9 Å². The van der Waals surface area contributed by atoms with Crippen LogP contribution in [0.4, 0.5) is 0 Å². The summed E-state index contributed by atoms with van der Waals surface area (Å²) in [5.41, 5.74) is 1.08. The summed E-state index contributed by atoms with van der Waals surface area (Å²) in [6.45, 7) is 0.305. The van der Waals surface area contributed by atoms with Crippen LogP contribution in [0.3, 0.4) is 0 Å². The summed E-state index contributed by atoms with van der Waals surface area (Å²) in [7, 11) is 0. The van der Waals surface area contributed by atoms with E-state index in [1.165, 1.54) is 6.07 Å². The summed E-state index contributed by atoms with van der Waals surface area (Å²) in [5.74, 6) is -0.666. The molecule has 0 aliphatic heterocycles. The van der Waals surface area contributed by atoms with E-state index in [-0.39, 0.29) is 5.56 Å². The Bertz CT molecular complexity index is 557. The number of carboxylic acid groups (broad SMARTS) is 1. The summed E-state index contributed by atoms with van der Waals surface area (Å²) in [6, 6.07) is 8.46. The Kier molecular flexibility index (Phi) is 3.94. The number of benzene rings is 1. The van der Waals surface area contributed by atoms with Gasteiger partial charge in [0, 0.05) is 16.9 Å². The summed E-state index contributed by atoms with van der Waals surface area (Å²) in [4.78, 5) is 14.9. The molecule has 0 fully saturated rings. The van der Waals surface area contributed by atoms with Crippen LogP contribution in [0.1, 0.15) is 15.9 Å². The second-order valence-corrected chi connectivity index (χ2v) is 4.51. The quantitative estimate of drug-likeness (QED) is 0.943. The van der Waals surface area contributed by atoms with Crippen molar-refractivity contribution in [2.24, 2.45) is 0 Å². The van der Waals surface area contributed by atoms with E-state index in [4.69, 9.17) is 9.84 Å². The van der Waals surface area contributed by atoms with Crippen molar-refractivity contribution in [3.05, 3.63) is 58.3 Å². The lowest BCUT2D eigenvalue weighted by Gasteiger charge is -2.09. The maximum atomic E-state index is 11.0. The minimum atomic E-state index is -1.01. The molecule has 18 heavy (non-hydrogen) atoms. The summed E-state index contributed by atoms with van der Waals surface area (Å²) in [6.07, 6.45) is 3.33. The smallest absolute Gasteiger partial charge is 0.339 e. The first-order valence-electron chi connectivity index (χ1n) is 5.21. The average molecular weight is 308 g/mol. The Labute approximate surface area is 112 Å². The van der Waals surface area contributed by atoms with Crippen molar-refractivity contribution in [3.63, 3.8) is 0 Å². The van der Waals surface area contributed by atoms with Crippen molar-refractivity contribution in [1.29, 1.82) is 0 Å². The molecule has 0 aliphatic rings. The van der Waals surface area contributed by atoms with E-state index in [0.717, 1.165) is 10.0 Å². The molecular weight excluding hydrogens is 298 g/mol. The van der Waals surface area contributed by atoms with Crippen LogP contribution in [0.5, 0.6) is 5.75 Å². The fraction of sp³-hybridized carbons (Fsp3) is 0.0769. The van der Waals surface area contributed by atoms with Crippen molar-refractivity contribution in [2.45, 2.75) is 6.61 Å². The molecule has 1 aromatic heterocycles. The number of hydrogen-bond acceptors (Lipinski definition) is 3. The van der Waals surface area contributed by atoms with Crippen LogP contribution in [-0.2, 0) is 6.61 Å². The molecule has 1 aromatic carbocycles. The van der Waals surface area contributed by atoms with Gasteiger partial charge in [-0.3, -0.25) is 4.98 Å². The Balaban J connectivity index is 2.18. The Morgan fingerprint density at radius 3 is 2.67 bits per heavy atom. The molecule has 0 spiro atoms. The molecule has 1 N–H and O–H groups in total. The van der Waals surface area contributed by atoms with E-state index < -0.39 is 5.97 Å². The molecule has 0 atom stereocenters. The van der Waals surface area contributed by atoms with Gasteiger partial charge >= 0.3 is 5.97 Å². The fourth-order valence-corrected chi connectivity index (χ4v) is 1.77. The SMILES string of the molecule is O=C(O)c1ccc(Br)cc1OCc1ccncc1. The molecule has 0 saturated heterocycles. The minimum Gasteiger partial charge on any atom is -0.488 e. The largest absolute Gasteiger partial charge is 0.488 e. The summed E-state index contributed by atoms with van der Waals surface area (Å²) >= 11 is 3.29. The molecule has 2 rings (SSSR count). The van der Waals surface area contributed by atoms with Gasteiger partial charge in [0.15, 0.2) is 0 Å². The predicted molar refractivity (Wildman–Crippen MR) is 69.7 cm³/mol. The highest BCUT2D eigenvalue weighted by molar-refractivity contribution is 9.10. The Morgan fingerprint density at radius 2 is 2.00 bits per heavy atom. The normalized spacial score (nSPS) is 10.1. The van der Waals surface area contributed by atoms with Crippen molar-refractivity contribution >= 4 is 21.9 Å². The molecule has 0 radical (unpaired) electrons. The summed E-state index contributed by atoms with van der Waals surface area (Å²) < 4.78 is 6.30. The number of pyridine rings is 1. The van der Waals surface area contributed by atoms with Gasteiger partial charge in [-0.2, -0.15) is 0 Å². The minimum absolute atomic E-state index is 0.146. The maximum Gasteiger partial charge on any atom is 0.339 e. The standard InChI is InChI=1S/C13H10BrNO3/c14-10-1-2-11(13(16)17)12(7-10)18-8-9-3-5-15-6-4-9/h1-7H,8H2,(H,16,17). The van der Waals surface area contributed by atoms with Crippen molar-refractivity contribution < 1.29 is 14.6 Å². The number of rotatable bonds is 4. The lowest BCUT2D eigenvalue weighted by Crippen LogP contribution is -2.03. The van der Waals surface area contributed by atoms with E-state index in [0.29, 0.717) is 12.4 Å². The first-order valence-corrected chi connectivity index (χ1v) is 6.00. The average Bonchev–Trinajstić information content (AvgIpc) is 2.37. The fourth-order valence-electron chi connectivity index (χ4n) is 1.43. The topological polar surface area (TPSA) is 59.4 Å². The zero-order chi connectivity index (χ0) is 13.0. The highest BCUT2D eigenvalue weighted by Gasteiger charge is 2.11. The van der Waals surface area contributed by atoms with Crippen molar-refractivity contribution in [2.75, 3.05) is 0 Å². The van der Waals surface area contributed by atoms with E-state index in [2.05, 4.69) is 20.9 Å². The number of aromatic nitrogens is 1. The van der Waals surface area contributed by atoms with Crippen LogP contribution < -0.4 is 4.74 Å². The molecular formula is C13H10BrNO3. The third-order valence-electron chi connectivity index (χ3n) is 2.32. The van der Waals surface area contributed by atoms with Crippen LogP contribution in [0.15, 0.2) is 47.2 Å². The number of carbonyl (C=O) groups is 1. The van der Waals surface area contributed by atoms with E-state index in [9.17, 15) is 4.79 Å². The van der Waals surface area contributed by atoms with Crippen molar-refractivity contribution in [3.8, 4) is 5.75 Å². The second-order valence-electron chi connectivity index (χ2n) is 3.59. The molecule has 5 heteroatoms. The Morgan fingerprint density at radius 1 is 1.28 bits per heavy atom. The van der Waals surface area contributed by atoms with E-state index >= 15 is 0 Å². The van der Waals surface area contributed by atoms with Crippen LogP contribution in [0.2, 0.25) is 0 Å². The van der Waals surface area contributed by atoms with Gasteiger partial charge in [-0.1, -0.05) is 15.9 Å². The van der Waals surface area contributed by atoms with Gasteiger partial charge in [-0.15, -0.1) is 0 Å². The van der Waals surface area contributed by atoms with Gasteiger partial charge in [0.05, 0.1) is 0 Å². The van der Waals surface area contributed by atoms with Gasteiger partial charge in [-0.25, -0.2) is 4.79 Å². The molecule has 4 nitrogen and oxygen atoms in total. The molecule has 0 aliphatic carbocycles. The monoisotopic (exact) mass is 307 g/mol. The highest BCUT2D eigenvalue weighted by Crippen LogP contribution is 2.24. The molecule has 92 valence electrons. The number of halogens is 1. The number of hydrogen-bond donors (Lipinski definition) is 1. The lowest BCUT2D eigenvalue weighted by molar-refractivity contribution is 0.0691. The third kappa shape index (κ3) is 3.07. The Hall–Kier alpha value is -1.88. The molecule has 1 heterocycles. The summed E-state index contributed by atoms with van der Waals surface area (Å²) in [5, 5.41) is 9.05. The molecule has 0 amide bonds. The first kappa shape index (κ1) is 12.6. The molecule has 0 bridgehead atoms. The number of ether oxygens (including phenoxy) is 1. The van der Waals surface area contributed by atoms with Crippen molar-refractivity contribution in [1.82, 2.24) is 4.98 Å². The van der Waals surface area contributed by atoms with E-state index in [1.807, 2.05) is 12.1 Å². The molecule has 0 saturated carbocycles. The van der Waals surface area contributed by atoms with E-state index in [1.54, 1.807) is 24.5 Å². The number of nitrogens with zero attached hydrogens (tertiary/aromatic N) is 1. The lowest BCUT2D eigenvalue weighted by atomic mass is 10.2. The molecule has 2 aromatic rings. The zero-order valence-electron chi connectivity index (χ0n) is 9.34. The van der Waals surface area contributed by atoms with Crippen LogP contribution in [-0.4, -0.2) is 16.1 Å².